The number of carbonyl (C=O) groups is 1. The van der Waals surface area contributed by atoms with Crippen molar-refractivity contribution in [2.45, 2.75) is 51.9 Å². The highest BCUT2D eigenvalue weighted by Gasteiger charge is 2.47. The van der Waals surface area contributed by atoms with Crippen molar-refractivity contribution in [2.75, 3.05) is 31.9 Å². The van der Waals surface area contributed by atoms with Crippen molar-refractivity contribution in [1.29, 1.82) is 0 Å². The molecule has 0 radical (unpaired) electrons. The van der Waals surface area contributed by atoms with Crippen LogP contribution in [0, 0.1) is 6.92 Å². The standard InChI is InChI=1S/C15H26N4O2S.C2HF3O2/c1-4-17-10-11-19-13(3)12-16-14(19)15(17)6-8-18(9-7-15)22(20,21)5-2;3-2(4,5)1(6)7/h12H,4-11H2,1-3H3;(H,6,7). The third-order valence-electron chi connectivity index (χ3n) is 5.60. The molecule has 29 heavy (non-hydrogen) atoms. The molecule has 1 aromatic rings. The number of nitrogens with zero attached hydrogens (tertiary/aromatic N) is 4. The zero-order valence-electron chi connectivity index (χ0n) is 16.7. The van der Waals surface area contributed by atoms with E-state index < -0.39 is 22.2 Å². The lowest BCUT2D eigenvalue weighted by Crippen LogP contribution is -2.58. The number of alkyl halides is 3. The van der Waals surface area contributed by atoms with Gasteiger partial charge in [0.05, 0.1) is 11.3 Å². The maximum Gasteiger partial charge on any atom is 0.490 e. The van der Waals surface area contributed by atoms with Crippen LogP contribution in [0.4, 0.5) is 13.2 Å². The molecule has 0 saturated carbocycles. The summed E-state index contributed by atoms with van der Waals surface area (Å²) in [7, 11) is -3.09. The molecule has 0 unspecified atom stereocenters. The first kappa shape index (κ1) is 23.6. The third kappa shape index (κ3) is 4.75. The average molecular weight is 440 g/mol. The van der Waals surface area contributed by atoms with Crippen LogP contribution in [0.15, 0.2) is 6.20 Å². The summed E-state index contributed by atoms with van der Waals surface area (Å²) >= 11 is 0. The molecular formula is C17H27F3N4O4S. The van der Waals surface area contributed by atoms with Gasteiger partial charge in [0.25, 0.3) is 0 Å². The summed E-state index contributed by atoms with van der Waals surface area (Å²) in [6.07, 6.45) is -1.47. The highest BCUT2D eigenvalue weighted by atomic mass is 32.2. The third-order valence-corrected chi connectivity index (χ3v) is 7.48. The number of fused-ring (bicyclic) bond motifs is 2. The SMILES string of the molecule is CCN1CCn2c(C)cnc2C12CCN(S(=O)(=O)CC)CC2.O=C(O)C(F)(F)F. The first-order valence-corrected chi connectivity index (χ1v) is 11.1. The van der Waals surface area contributed by atoms with E-state index in [1.807, 2.05) is 6.20 Å². The number of aromatic nitrogens is 2. The minimum Gasteiger partial charge on any atom is -0.475 e. The number of likely N-dealkylation sites (N-methyl/N-ethyl adjacent to an activating group) is 1. The quantitative estimate of drug-likeness (QED) is 0.770. The Balaban J connectivity index is 0.000000370. The van der Waals surface area contributed by atoms with Gasteiger partial charge in [0.1, 0.15) is 5.82 Å². The highest BCUT2D eigenvalue weighted by Crippen LogP contribution is 2.41. The van der Waals surface area contributed by atoms with Crippen molar-refractivity contribution < 1.29 is 31.5 Å². The second kappa shape index (κ2) is 8.60. The van der Waals surface area contributed by atoms with Crippen molar-refractivity contribution >= 4 is 16.0 Å². The smallest absolute Gasteiger partial charge is 0.475 e. The number of rotatable bonds is 3. The van der Waals surface area contributed by atoms with E-state index in [0.29, 0.717) is 13.1 Å². The molecule has 0 amide bonds. The van der Waals surface area contributed by atoms with E-state index in [1.165, 1.54) is 5.69 Å². The van der Waals surface area contributed by atoms with E-state index in [2.05, 4.69) is 23.3 Å². The number of halogens is 3. The molecule has 0 atom stereocenters. The van der Waals surface area contributed by atoms with Crippen LogP contribution in [0.25, 0.3) is 0 Å². The Morgan fingerprint density at radius 2 is 1.76 bits per heavy atom. The average Bonchev–Trinajstić information content (AvgIpc) is 3.04. The van der Waals surface area contributed by atoms with E-state index >= 15 is 0 Å². The number of piperidine rings is 1. The Morgan fingerprint density at radius 3 is 2.21 bits per heavy atom. The van der Waals surface area contributed by atoms with Crippen molar-refractivity contribution in [3.05, 3.63) is 17.7 Å². The normalized spacial score (nSPS) is 20.1. The Kier molecular flexibility index (Phi) is 7.01. The van der Waals surface area contributed by atoms with Gasteiger partial charge in [-0.05, 0) is 33.2 Å². The molecule has 0 aliphatic carbocycles. The number of hydrogen-bond donors (Lipinski definition) is 1. The number of carboxylic acid groups (broad SMARTS) is 1. The minimum atomic E-state index is -5.08. The van der Waals surface area contributed by atoms with Gasteiger partial charge in [0, 0.05) is 38.1 Å². The number of imidazole rings is 1. The number of hydrogen-bond acceptors (Lipinski definition) is 5. The number of sulfonamides is 1. The lowest BCUT2D eigenvalue weighted by atomic mass is 9.84. The molecule has 1 saturated heterocycles. The van der Waals surface area contributed by atoms with Crippen molar-refractivity contribution in [1.82, 2.24) is 18.8 Å². The summed E-state index contributed by atoms with van der Waals surface area (Å²) in [5, 5.41) is 7.12. The molecule has 12 heteroatoms. The molecule has 166 valence electrons. The molecule has 0 aromatic carbocycles. The van der Waals surface area contributed by atoms with Gasteiger partial charge in [-0.1, -0.05) is 6.92 Å². The van der Waals surface area contributed by atoms with Crippen molar-refractivity contribution in [3.63, 3.8) is 0 Å². The van der Waals surface area contributed by atoms with Crippen LogP contribution in [-0.2, 0) is 26.9 Å². The summed E-state index contributed by atoms with van der Waals surface area (Å²) in [6.45, 7) is 10.2. The van der Waals surface area contributed by atoms with Gasteiger partial charge in [-0.2, -0.15) is 13.2 Å². The summed E-state index contributed by atoms with van der Waals surface area (Å²) < 4.78 is 59.9. The van der Waals surface area contributed by atoms with Crippen LogP contribution in [0.3, 0.4) is 0 Å². The Morgan fingerprint density at radius 1 is 1.21 bits per heavy atom. The number of aliphatic carboxylic acids is 1. The molecule has 2 aliphatic heterocycles. The van der Waals surface area contributed by atoms with Crippen LogP contribution < -0.4 is 0 Å². The van der Waals surface area contributed by atoms with Gasteiger partial charge < -0.3 is 9.67 Å². The predicted molar refractivity (Wildman–Crippen MR) is 99.8 cm³/mol. The summed E-state index contributed by atoms with van der Waals surface area (Å²) in [6, 6.07) is 0. The summed E-state index contributed by atoms with van der Waals surface area (Å²) in [5.74, 6) is -1.44. The molecule has 1 N–H and O–H groups in total. The first-order valence-electron chi connectivity index (χ1n) is 9.44. The minimum absolute atomic E-state index is 0.0962. The fraction of sp³-hybridized carbons (Fsp3) is 0.765. The number of aryl methyl sites for hydroxylation is 1. The monoisotopic (exact) mass is 440 g/mol. The molecule has 1 spiro atoms. The molecular weight excluding hydrogens is 413 g/mol. The van der Waals surface area contributed by atoms with E-state index in [9.17, 15) is 21.6 Å². The van der Waals surface area contributed by atoms with Gasteiger partial charge in [-0.3, -0.25) is 4.90 Å². The largest absolute Gasteiger partial charge is 0.490 e. The lowest BCUT2D eigenvalue weighted by molar-refractivity contribution is -0.192. The second-order valence-corrected chi connectivity index (χ2v) is 9.35. The van der Waals surface area contributed by atoms with Crippen LogP contribution >= 0.6 is 0 Å². The van der Waals surface area contributed by atoms with Gasteiger partial charge in [-0.15, -0.1) is 0 Å². The van der Waals surface area contributed by atoms with Crippen molar-refractivity contribution in [3.8, 4) is 0 Å². The molecule has 1 fully saturated rings. The van der Waals surface area contributed by atoms with Crippen molar-refractivity contribution in [2.24, 2.45) is 0 Å². The maximum absolute atomic E-state index is 12.1. The van der Waals surface area contributed by atoms with Crippen LogP contribution in [0.1, 0.15) is 38.2 Å². The van der Waals surface area contributed by atoms with E-state index in [1.54, 1.807) is 11.2 Å². The Labute approximate surface area is 168 Å². The molecule has 8 nitrogen and oxygen atoms in total. The van der Waals surface area contributed by atoms with E-state index in [0.717, 1.165) is 38.3 Å². The molecule has 2 aliphatic rings. The fourth-order valence-corrected chi connectivity index (χ4v) is 5.11. The van der Waals surface area contributed by atoms with Crippen LogP contribution in [0.5, 0.6) is 0 Å². The first-order chi connectivity index (χ1) is 13.4. The molecule has 3 rings (SSSR count). The van der Waals surface area contributed by atoms with Crippen LogP contribution in [0.2, 0.25) is 0 Å². The Bertz CT molecular complexity index is 830. The van der Waals surface area contributed by atoms with Gasteiger partial charge >= 0.3 is 12.1 Å². The molecule has 0 bridgehead atoms. The molecule has 1 aromatic heterocycles. The fourth-order valence-electron chi connectivity index (χ4n) is 4.01. The number of carboxylic acids is 1. The van der Waals surface area contributed by atoms with E-state index in [-0.39, 0.29) is 11.3 Å². The predicted octanol–water partition coefficient (Wildman–Crippen LogP) is 1.80. The zero-order valence-corrected chi connectivity index (χ0v) is 17.6. The highest BCUT2D eigenvalue weighted by molar-refractivity contribution is 7.89. The Hall–Kier alpha value is -1.66. The summed E-state index contributed by atoms with van der Waals surface area (Å²) in [4.78, 5) is 16.1. The zero-order chi connectivity index (χ0) is 22.0. The second-order valence-electron chi connectivity index (χ2n) is 7.09. The lowest BCUT2D eigenvalue weighted by Gasteiger charge is -2.50. The van der Waals surface area contributed by atoms with Gasteiger partial charge in [0.2, 0.25) is 10.0 Å². The van der Waals surface area contributed by atoms with E-state index in [4.69, 9.17) is 14.9 Å². The summed E-state index contributed by atoms with van der Waals surface area (Å²) in [5.41, 5.74) is 1.11. The van der Waals surface area contributed by atoms with Gasteiger partial charge in [0.15, 0.2) is 0 Å². The van der Waals surface area contributed by atoms with Gasteiger partial charge in [-0.25, -0.2) is 22.5 Å². The topological polar surface area (TPSA) is 95.7 Å². The van der Waals surface area contributed by atoms with Crippen LogP contribution in [-0.4, -0.2) is 76.4 Å². The maximum atomic E-state index is 12.1. The molecule has 3 heterocycles.